The lowest BCUT2D eigenvalue weighted by atomic mass is 10.1. The van der Waals surface area contributed by atoms with Gasteiger partial charge in [-0.05, 0) is 30.5 Å². The van der Waals surface area contributed by atoms with E-state index in [1.165, 1.54) is 5.56 Å². The number of nitrogens with one attached hydrogen (secondary N) is 1. The third kappa shape index (κ3) is 4.87. The largest absolute Gasteiger partial charge is 0.385 e. The fourth-order valence-electron chi connectivity index (χ4n) is 3.49. The number of nitrogens with zero attached hydrogens (tertiary/aromatic N) is 5. The zero-order chi connectivity index (χ0) is 21.5. The molecule has 0 radical (unpaired) electrons. The maximum Gasteiger partial charge on any atom is 0.224 e. The van der Waals surface area contributed by atoms with Gasteiger partial charge in [0.15, 0.2) is 5.65 Å². The van der Waals surface area contributed by atoms with E-state index in [1.54, 1.807) is 19.4 Å². The van der Waals surface area contributed by atoms with Crippen LogP contribution in [0.1, 0.15) is 17.5 Å². The molecule has 2 heterocycles. The molecule has 0 aliphatic carbocycles. The lowest BCUT2D eigenvalue weighted by Crippen LogP contribution is -2.09. The highest BCUT2D eigenvalue weighted by molar-refractivity contribution is 5.77. The number of anilines is 1. The first-order valence-corrected chi connectivity index (χ1v) is 10.3. The molecule has 0 aliphatic heterocycles. The van der Waals surface area contributed by atoms with Crippen molar-refractivity contribution in [3.05, 3.63) is 71.9 Å². The summed E-state index contributed by atoms with van der Waals surface area (Å²) in [5.41, 5.74) is 4.24. The fraction of sp³-hybridized carbons (Fsp3) is 0.250. The molecule has 2 aromatic heterocycles. The van der Waals surface area contributed by atoms with Crippen LogP contribution in [0.15, 0.2) is 60.8 Å². The highest BCUT2D eigenvalue weighted by atomic mass is 16.5. The topological polar surface area (TPSA) is 88.7 Å². The van der Waals surface area contributed by atoms with Gasteiger partial charge in [-0.2, -0.15) is 10.2 Å². The predicted octanol–water partition coefficient (Wildman–Crippen LogP) is 4.06. The summed E-state index contributed by atoms with van der Waals surface area (Å²) in [5.74, 6) is 1.35. The van der Waals surface area contributed by atoms with E-state index < -0.39 is 0 Å². The molecule has 2 aromatic carbocycles. The molecule has 1 N–H and O–H groups in total. The minimum absolute atomic E-state index is 0.577. The zero-order valence-corrected chi connectivity index (χ0v) is 17.5. The van der Waals surface area contributed by atoms with Crippen LogP contribution in [-0.4, -0.2) is 39.8 Å². The number of aryl methyl sites for hydroxylation is 1. The Labute approximate surface area is 181 Å². The van der Waals surface area contributed by atoms with Crippen LogP contribution >= 0.6 is 0 Å². The van der Waals surface area contributed by atoms with Crippen LogP contribution in [0.2, 0.25) is 0 Å². The Morgan fingerprint density at radius 1 is 1.10 bits per heavy atom. The van der Waals surface area contributed by atoms with Gasteiger partial charge in [-0.1, -0.05) is 42.5 Å². The van der Waals surface area contributed by atoms with Gasteiger partial charge in [0.25, 0.3) is 0 Å². The summed E-state index contributed by atoms with van der Waals surface area (Å²) in [6.07, 6.45) is 3.47. The quantitative estimate of drug-likeness (QED) is 0.417. The number of benzene rings is 2. The van der Waals surface area contributed by atoms with Gasteiger partial charge < -0.3 is 14.6 Å². The molecular formula is C24H24N6O. The lowest BCUT2D eigenvalue weighted by Gasteiger charge is -2.10. The standard InChI is InChI=1S/C24H24N6O/c1-31-14-6-13-30-22(20-10-5-9-19(15-20)16-25)28-21-17-27-24(29-23(21)30)26-12-11-18-7-3-2-4-8-18/h2-5,7-10,15,17H,6,11-14H2,1H3,(H,26,27,29). The van der Waals surface area contributed by atoms with E-state index in [0.717, 1.165) is 41.9 Å². The number of ether oxygens (including phenoxy) is 1. The van der Waals surface area contributed by atoms with Crippen molar-refractivity contribution in [3.63, 3.8) is 0 Å². The van der Waals surface area contributed by atoms with Crippen molar-refractivity contribution in [2.24, 2.45) is 0 Å². The van der Waals surface area contributed by atoms with Gasteiger partial charge in [0.1, 0.15) is 11.3 Å². The minimum Gasteiger partial charge on any atom is -0.385 e. The maximum atomic E-state index is 9.27. The van der Waals surface area contributed by atoms with Gasteiger partial charge >= 0.3 is 0 Å². The van der Waals surface area contributed by atoms with Crippen LogP contribution in [-0.2, 0) is 17.7 Å². The van der Waals surface area contributed by atoms with Crippen LogP contribution in [0.4, 0.5) is 5.95 Å². The van der Waals surface area contributed by atoms with Crippen molar-refractivity contribution in [3.8, 4) is 17.5 Å². The van der Waals surface area contributed by atoms with Gasteiger partial charge in [0.05, 0.1) is 17.8 Å². The summed E-state index contributed by atoms with van der Waals surface area (Å²) in [4.78, 5) is 14.0. The number of imidazole rings is 1. The summed E-state index contributed by atoms with van der Waals surface area (Å²) in [7, 11) is 1.69. The van der Waals surface area contributed by atoms with Crippen molar-refractivity contribution in [1.29, 1.82) is 5.26 Å². The summed E-state index contributed by atoms with van der Waals surface area (Å²) in [6, 6.07) is 20.0. The number of hydrogen-bond acceptors (Lipinski definition) is 6. The molecule has 31 heavy (non-hydrogen) atoms. The van der Waals surface area contributed by atoms with Gasteiger partial charge in [-0.3, -0.25) is 0 Å². The normalized spacial score (nSPS) is 10.8. The maximum absolute atomic E-state index is 9.27. The predicted molar refractivity (Wildman–Crippen MR) is 121 cm³/mol. The Kier molecular flexibility index (Phi) is 6.50. The van der Waals surface area contributed by atoms with E-state index in [9.17, 15) is 5.26 Å². The molecule has 0 spiro atoms. The third-order valence-corrected chi connectivity index (χ3v) is 5.01. The van der Waals surface area contributed by atoms with E-state index in [0.29, 0.717) is 24.7 Å². The molecule has 0 saturated heterocycles. The minimum atomic E-state index is 0.577. The number of rotatable bonds is 9. The molecule has 0 amide bonds. The summed E-state index contributed by atoms with van der Waals surface area (Å²) in [5, 5.41) is 12.6. The third-order valence-electron chi connectivity index (χ3n) is 5.01. The van der Waals surface area contributed by atoms with Crippen LogP contribution < -0.4 is 5.32 Å². The molecule has 0 atom stereocenters. The average Bonchev–Trinajstić information content (AvgIpc) is 3.18. The lowest BCUT2D eigenvalue weighted by molar-refractivity contribution is 0.191. The molecule has 0 saturated carbocycles. The van der Waals surface area contributed by atoms with Crippen molar-refractivity contribution < 1.29 is 4.74 Å². The number of hydrogen-bond donors (Lipinski definition) is 1. The van der Waals surface area contributed by atoms with Crippen molar-refractivity contribution in [1.82, 2.24) is 19.5 Å². The van der Waals surface area contributed by atoms with E-state index in [-0.39, 0.29) is 0 Å². The molecule has 0 unspecified atom stereocenters. The molecule has 0 aliphatic rings. The van der Waals surface area contributed by atoms with Crippen LogP contribution in [0, 0.1) is 11.3 Å². The molecule has 4 aromatic rings. The second-order valence-electron chi connectivity index (χ2n) is 7.19. The SMILES string of the molecule is COCCCn1c(-c2cccc(C#N)c2)nc2cnc(NCCc3ccccc3)nc21. The van der Waals surface area contributed by atoms with Crippen LogP contribution in [0.25, 0.3) is 22.6 Å². The first kappa shape index (κ1) is 20.5. The Morgan fingerprint density at radius 2 is 1.97 bits per heavy atom. The average molecular weight is 412 g/mol. The first-order valence-electron chi connectivity index (χ1n) is 10.3. The Morgan fingerprint density at radius 3 is 2.77 bits per heavy atom. The smallest absolute Gasteiger partial charge is 0.224 e. The summed E-state index contributed by atoms with van der Waals surface area (Å²) >= 11 is 0. The van der Waals surface area contributed by atoms with Gasteiger partial charge in [-0.25, -0.2) is 9.97 Å². The van der Waals surface area contributed by atoms with E-state index >= 15 is 0 Å². The van der Waals surface area contributed by atoms with E-state index in [4.69, 9.17) is 14.7 Å². The Bertz CT molecular complexity index is 1200. The summed E-state index contributed by atoms with van der Waals surface area (Å²) < 4.78 is 7.31. The second kappa shape index (κ2) is 9.83. The number of nitriles is 1. The molecule has 0 fully saturated rings. The molecule has 7 nitrogen and oxygen atoms in total. The van der Waals surface area contributed by atoms with E-state index in [1.807, 2.05) is 36.4 Å². The Balaban J connectivity index is 1.63. The number of methoxy groups -OCH3 is 1. The molecule has 7 heteroatoms. The second-order valence-corrected chi connectivity index (χ2v) is 7.19. The molecular weight excluding hydrogens is 388 g/mol. The van der Waals surface area contributed by atoms with Crippen molar-refractivity contribution in [2.75, 3.05) is 25.6 Å². The van der Waals surface area contributed by atoms with Gasteiger partial charge in [0, 0.05) is 32.4 Å². The highest BCUT2D eigenvalue weighted by Gasteiger charge is 2.15. The van der Waals surface area contributed by atoms with Gasteiger partial charge in [0.2, 0.25) is 5.95 Å². The molecule has 0 bridgehead atoms. The van der Waals surface area contributed by atoms with Crippen LogP contribution in [0.3, 0.4) is 0 Å². The summed E-state index contributed by atoms with van der Waals surface area (Å²) in [6.45, 7) is 2.09. The van der Waals surface area contributed by atoms with Crippen molar-refractivity contribution in [2.45, 2.75) is 19.4 Å². The Hall–Kier alpha value is -3.76. The number of aromatic nitrogens is 4. The first-order chi connectivity index (χ1) is 15.3. The van der Waals surface area contributed by atoms with Crippen LogP contribution in [0.5, 0.6) is 0 Å². The van der Waals surface area contributed by atoms with E-state index in [2.05, 4.69) is 33.1 Å². The monoisotopic (exact) mass is 412 g/mol. The van der Waals surface area contributed by atoms with Crippen molar-refractivity contribution >= 4 is 17.1 Å². The highest BCUT2D eigenvalue weighted by Crippen LogP contribution is 2.25. The molecule has 156 valence electrons. The van der Waals surface area contributed by atoms with Gasteiger partial charge in [-0.15, -0.1) is 0 Å². The zero-order valence-electron chi connectivity index (χ0n) is 17.5. The fourth-order valence-corrected chi connectivity index (χ4v) is 3.49. The molecule has 4 rings (SSSR count). The number of fused-ring (bicyclic) bond motifs is 1.